The summed E-state index contributed by atoms with van der Waals surface area (Å²) in [5.41, 5.74) is 1.35. The fraction of sp³-hybridized carbons (Fsp3) is 0.467. The van der Waals surface area contributed by atoms with Gasteiger partial charge in [0.15, 0.2) is 5.82 Å². The van der Waals surface area contributed by atoms with Gasteiger partial charge < -0.3 is 4.90 Å². The van der Waals surface area contributed by atoms with Crippen molar-refractivity contribution in [3.05, 3.63) is 41.7 Å². The van der Waals surface area contributed by atoms with Crippen LogP contribution in [-0.2, 0) is 19.9 Å². The van der Waals surface area contributed by atoms with Crippen LogP contribution in [0.3, 0.4) is 0 Å². The Bertz CT molecular complexity index is 526. The minimum atomic E-state index is 0.908. The Morgan fingerprint density at radius 3 is 2.53 bits per heavy atom. The highest BCUT2D eigenvalue weighted by Gasteiger charge is 2.18. The Kier molecular flexibility index (Phi) is 3.49. The lowest BCUT2D eigenvalue weighted by atomic mass is 10.1. The highest BCUT2D eigenvalue weighted by molar-refractivity contribution is 5.31. The largest absolute Gasteiger partial charge is 0.341 e. The van der Waals surface area contributed by atoms with E-state index in [1.807, 2.05) is 17.8 Å². The first-order valence-electron chi connectivity index (χ1n) is 7.02. The van der Waals surface area contributed by atoms with E-state index in [0.717, 1.165) is 37.7 Å². The van der Waals surface area contributed by atoms with Gasteiger partial charge in [-0.05, 0) is 24.8 Å². The standard InChI is InChI=1S/C15H20N4/c1-18-15(19-11-5-6-12-19)16-14(17-18)10-9-13-7-3-2-4-8-13/h2-4,7-8H,5-6,9-12H2,1H3. The fourth-order valence-electron chi connectivity index (χ4n) is 2.63. The topological polar surface area (TPSA) is 34.0 Å². The van der Waals surface area contributed by atoms with E-state index in [2.05, 4.69) is 39.2 Å². The van der Waals surface area contributed by atoms with E-state index in [0.29, 0.717) is 0 Å². The van der Waals surface area contributed by atoms with Gasteiger partial charge in [-0.1, -0.05) is 30.3 Å². The summed E-state index contributed by atoms with van der Waals surface area (Å²) in [5.74, 6) is 1.98. The molecule has 0 spiro atoms. The van der Waals surface area contributed by atoms with Crippen LogP contribution in [0.5, 0.6) is 0 Å². The van der Waals surface area contributed by atoms with Crippen molar-refractivity contribution in [3.8, 4) is 0 Å². The molecule has 0 aliphatic carbocycles. The Hall–Kier alpha value is -1.84. The number of hydrogen-bond acceptors (Lipinski definition) is 3. The first-order valence-corrected chi connectivity index (χ1v) is 7.02. The third-order valence-electron chi connectivity index (χ3n) is 3.65. The number of aryl methyl sites for hydroxylation is 3. The van der Waals surface area contributed by atoms with Crippen molar-refractivity contribution in [2.75, 3.05) is 18.0 Å². The summed E-state index contributed by atoms with van der Waals surface area (Å²) < 4.78 is 1.92. The van der Waals surface area contributed by atoms with Crippen LogP contribution in [0, 0.1) is 0 Å². The van der Waals surface area contributed by atoms with Crippen LogP contribution in [0.4, 0.5) is 5.95 Å². The molecule has 1 aromatic heterocycles. The number of anilines is 1. The predicted molar refractivity (Wildman–Crippen MR) is 76.3 cm³/mol. The molecule has 1 aliphatic heterocycles. The molecule has 19 heavy (non-hydrogen) atoms. The highest BCUT2D eigenvalue weighted by atomic mass is 15.4. The van der Waals surface area contributed by atoms with Gasteiger partial charge in [0.25, 0.3) is 0 Å². The first kappa shape index (κ1) is 12.2. The van der Waals surface area contributed by atoms with Gasteiger partial charge in [-0.2, -0.15) is 10.1 Å². The van der Waals surface area contributed by atoms with E-state index >= 15 is 0 Å². The quantitative estimate of drug-likeness (QED) is 0.841. The van der Waals surface area contributed by atoms with Crippen molar-refractivity contribution >= 4 is 5.95 Å². The summed E-state index contributed by atoms with van der Waals surface area (Å²) >= 11 is 0. The molecule has 0 atom stereocenters. The smallest absolute Gasteiger partial charge is 0.223 e. The zero-order valence-corrected chi connectivity index (χ0v) is 11.4. The Morgan fingerprint density at radius 2 is 1.79 bits per heavy atom. The Morgan fingerprint density at radius 1 is 1.05 bits per heavy atom. The number of rotatable bonds is 4. The molecule has 1 fully saturated rings. The zero-order valence-electron chi connectivity index (χ0n) is 11.4. The van der Waals surface area contributed by atoms with Gasteiger partial charge in [0.2, 0.25) is 5.95 Å². The maximum absolute atomic E-state index is 4.68. The average molecular weight is 256 g/mol. The van der Waals surface area contributed by atoms with Gasteiger partial charge in [0.1, 0.15) is 0 Å². The lowest BCUT2D eigenvalue weighted by molar-refractivity contribution is 0.718. The normalized spacial score (nSPS) is 15.1. The van der Waals surface area contributed by atoms with Gasteiger partial charge in [0.05, 0.1) is 0 Å². The van der Waals surface area contributed by atoms with E-state index in [1.165, 1.54) is 18.4 Å². The van der Waals surface area contributed by atoms with Crippen LogP contribution >= 0.6 is 0 Å². The molecule has 0 unspecified atom stereocenters. The predicted octanol–water partition coefficient (Wildman–Crippen LogP) is 2.20. The fourth-order valence-corrected chi connectivity index (χ4v) is 2.63. The lowest BCUT2D eigenvalue weighted by Gasteiger charge is -2.14. The van der Waals surface area contributed by atoms with Crippen LogP contribution in [0.2, 0.25) is 0 Å². The second kappa shape index (κ2) is 5.43. The molecule has 1 saturated heterocycles. The van der Waals surface area contributed by atoms with Crippen molar-refractivity contribution < 1.29 is 0 Å². The Labute approximate surface area is 114 Å². The van der Waals surface area contributed by atoms with E-state index in [9.17, 15) is 0 Å². The van der Waals surface area contributed by atoms with E-state index < -0.39 is 0 Å². The van der Waals surface area contributed by atoms with Crippen LogP contribution in [-0.4, -0.2) is 27.9 Å². The van der Waals surface area contributed by atoms with E-state index in [-0.39, 0.29) is 0 Å². The molecular weight excluding hydrogens is 236 g/mol. The summed E-state index contributed by atoms with van der Waals surface area (Å²) in [6.45, 7) is 2.23. The third-order valence-corrected chi connectivity index (χ3v) is 3.65. The molecule has 3 rings (SSSR count). The molecule has 4 heteroatoms. The van der Waals surface area contributed by atoms with Crippen molar-refractivity contribution in [2.45, 2.75) is 25.7 Å². The molecular formula is C15H20N4. The summed E-state index contributed by atoms with van der Waals surface area (Å²) in [6, 6.07) is 10.5. The second-order valence-electron chi connectivity index (χ2n) is 5.13. The van der Waals surface area contributed by atoms with Gasteiger partial charge in [-0.3, -0.25) is 0 Å². The monoisotopic (exact) mass is 256 g/mol. The number of benzene rings is 1. The van der Waals surface area contributed by atoms with Crippen LogP contribution in [0.25, 0.3) is 0 Å². The first-order chi connectivity index (χ1) is 9.33. The second-order valence-corrected chi connectivity index (χ2v) is 5.13. The molecule has 1 aliphatic rings. The van der Waals surface area contributed by atoms with Gasteiger partial charge in [0, 0.05) is 26.6 Å². The minimum Gasteiger partial charge on any atom is -0.341 e. The molecule has 2 aromatic rings. The van der Waals surface area contributed by atoms with Crippen LogP contribution in [0.15, 0.2) is 30.3 Å². The van der Waals surface area contributed by atoms with Crippen LogP contribution < -0.4 is 4.90 Å². The summed E-state index contributed by atoms with van der Waals surface area (Å²) in [4.78, 5) is 7.02. The molecule has 0 radical (unpaired) electrons. The molecule has 100 valence electrons. The summed E-state index contributed by atoms with van der Waals surface area (Å²) in [7, 11) is 1.99. The molecule has 0 amide bonds. The third kappa shape index (κ3) is 2.78. The molecule has 0 bridgehead atoms. The van der Waals surface area contributed by atoms with Crippen molar-refractivity contribution in [1.82, 2.24) is 14.8 Å². The SMILES string of the molecule is Cn1nc(CCc2ccccc2)nc1N1CCCC1. The molecule has 1 aromatic carbocycles. The highest BCUT2D eigenvalue weighted by Crippen LogP contribution is 2.17. The number of hydrogen-bond donors (Lipinski definition) is 0. The van der Waals surface area contributed by atoms with Crippen molar-refractivity contribution in [3.63, 3.8) is 0 Å². The average Bonchev–Trinajstić information content (AvgIpc) is 3.07. The van der Waals surface area contributed by atoms with Crippen LogP contribution in [0.1, 0.15) is 24.2 Å². The van der Waals surface area contributed by atoms with Gasteiger partial charge in [-0.25, -0.2) is 4.68 Å². The maximum Gasteiger partial charge on any atom is 0.223 e. The molecule has 0 N–H and O–H groups in total. The van der Waals surface area contributed by atoms with Crippen molar-refractivity contribution in [1.29, 1.82) is 0 Å². The van der Waals surface area contributed by atoms with Gasteiger partial charge in [-0.15, -0.1) is 0 Å². The zero-order chi connectivity index (χ0) is 13.1. The number of nitrogens with zero attached hydrogens (tertiary/aromatic N) is 4. The maximum atomic E-state index is 4.68. The number of aromatic nitrogens is 3. The minimum absolute atomic E-state index is 0.908. The molecule has 4 nitrogen and oxygen atoms in total. The van der Waals surface area contributed by atoms with E-state index in [4.69, 9.17) is 0 Å². The molecule has 0 saturated carbocycles. The summed E-state index contributed by atoms with van der Waals surface area (Å²) in [5, 5.41) is 4.53. The van der Waals surface area contributed by atoms with E-state index in [1.54, 1.807) is 0 Å². The molecule has 2 heterocycles. The lowest BCUT2D eigenvalue weighted by Crippen LogP contribution is -2.21. The van der Waals surface area contributed by atoms with Crippen molar-refractivity contribution in [2.24, 2.45) is 7.05 Å². The summed E-state index contributed by atoms with van der Waals surface area (Å²) in [6.07, 6.45) is 4.45. The Balaban J connectivity index is 1.67. The van der Waals surface area contributed by atoms with Gasteiger partial charge >= 0.3 is 0 Å².